The highest BCUT2D eigenvalue weighted by molar-refractivity contribution is 6.35. The van der Waals surface area contributed by atoms with E-state index < -0.39 is 0 Å². The summed E-state index contributed by atoms with van der Waals surface area (Å²) in [5, 5.41) is 0. The molecule has 0 saturated heterocycles. The lowest BCUT2D eigenvalue weighted by Gasteiger charge is -2.25. The van der Waals surface area contributed by atoms with Crippen molar-refractivity contribution < 1.29 is 23.8 Å². The number of benzene rings is 1. The Labute approximate surface area is 172 Å². The SMILES string of the molecule is C=CCN1C(=O)C(c2ccc(OCCC)cc2)=C(N(CCOC)CCOC)C1=O. The van der Waals surface area contributed by atoms with Gasteiger partial charge in [0.25, 0.3) is 11.8 Å². The van der Waals surface area contributed by atoms with Crippen molar-refractivity contribution in [3.8, 4) is 5.75 Å². The highest BCUT2D eigenvalue weighted by atomic mass is 16.5. The topological polar surface area (TPSA) is 68.3 Å². The van der Waals surface area contributed by atoms with Crippen molar-refractivity contribution in [2.24, 2.45) is 0 Å². The Balaban J connectivity index is 2.46. The Kier molecular flexibility index (Phi) is 8.89. The van der Waals surface area contributed by atoms with E-state index in [9.17, 15) is 9.59 Å². The van der Waals surface area contributed by atoms with Gasteiger partial charge in [-0.3, -0.25) is 14.5 Å². The van der Waals surface area contributed by atoms with E-state index in [4.69, 9.17) is 14.2 Å². The van der Waals surface area contributed by atoms with E-state index in [0.29, 0.717) is 49.7 Å². The number of carbonyl (C=O) groups is 2. The van der Waals surface area contributed by atoms with Crippen LogP contribution in [0, 0.1) is 0 Å². The normalized spacial score (nSPS) is 14.0. The summed E-state index contributed by atoms with van der Waals surface area (Å²) in [5.41, 5.74) is 1.42. The van der Waals surface area contributed by atoms with Crippen molar-refractivity contribution in [2.45, 2.75) is 13.3 Å². The van der Waals surface area contributed by atoms with E-state index >= 15 is 0 Å². The van der Waals surface area contributed by atoms with Crippen LogP contribution in [-0.2, 0) is 19.1 Å². The maximum Gasteiger partial charge on any atom is 0.278 e. The van der Waals surface area contributed by atoms with E-state index in [-0.39, 0.29) is 18.4 Å². The molecule has 2 rings (SSSR count). The number of hydrogen-bond donors (Lipinski definition) is 0. The molecule has 1 aromatic carbocycles. The molecule has 0 aromatic heterocycles. The zero-order valence-electron chi connectivity index (χ0n) is 17.5. The van der Waals surface area contributed by atoms with Gasteiger partial charge in [-0.1, -0.05) is 25.1 Å². The molecule has 0 radical (unpaired) electrons. The van der Waals surface area contributed by atoms with Crippen LogP contribution in [0.1, 0.15) is 18.9 Å². The lowest BCUT2D eigenvalue weighted by molar-refractivity contribution is -0.137. The number of nitrogens with zero attached hydrogens (tertiary/aromatic N) is 2. The summed E-state index contributed by atoms with van der Waals surface area (Å²) in [6.07, 6.45) is 2.46. The monoisotopic (exact) mass is 402 g/mol. The highest BCUT2D eigenvalue weighted by Gasteiger charge is 2.40. The summed E-state index contributed by atoms with van der Waals surface area (Å²) in [6, 6.07) is 7.26. The molecule has 158 valence electrons. The fourth-order valence-electron chi connectivity index (χ4n) is 3.09. The van der Waals surface area contributed by atoms with Gasteiger partial charge in [0.2, 0.25) is 0 Å². The molecule has 29 heavy (non-hydrogen) atoms. The Hall–Kier alpha value is -2.64. The average molecular weight is 402 g/mol. The van der Waals surface area contributed by atoms with E-state index in [1.54, 1.807) is 20.3 Å². The van der Waals surface area contributed by atoms with Crippen LogP contribution in [0.2, 0.25) is 0 Å². The summed E-state index contributed by atoms with van der Waals surface area (Å²) in [4.78, 5) is 29.3. The first-order valence-electron chi connectivity index (χ1n) is 9.76. The van der Waals surface area contributed by atoms with Gasteiger partial charge in [-0.05, 0) is 24.1 Å². The number of methoxy groups -OCH3 is 2. The van der Waals surface area contributed by atoms with Crippen molar-refractivity contribution in [1.82, 2.24) is 9.80 Å². The summed E-state index contributed by atoms with van der Waals surface area (Å²) in [7, 11) is 3.20. The molecule has 1 aromatic rings. The molecule has 2 amide bonds. The van der Waals surface area contributed by atoms with Crippen LogP contribution in [0.5, 0.6) is 5.75 Å². The van der Waals surface area contributed by atoms with Gasteiger partial charge >= 0.3 is 0 Å². The molecule has 0 spiro atoms. The second kappa shape index (κ2) is 11.4. The predicted molar refractivity (Wildman–Crippen MR) is 111 cm³/mol. The molecular formula is C22H30N2O5. The Morgan fingerprint density at radius 2 is 1.62 bits per heavy atom. The first-order chi connectivity index (χ1) is 14.1. The number of ether oxygens (including phenoxy) is 3. The lowest BCUT2D eigenvalue weighted by Crippen LogP contribution is -2.37. The molecule has 0 saturated carbocycles. The Bertz CT molecular complexity index is 734. The molecule has 0 aliphatic carbocycles. The molecule has 0 fully saturated rings. The third-order valence-corrected chi connectivity index (χ3v) is 4.52. The number of imide groups is 1. The van der Waals surface area contributed by atoms with Gasteiger partial charge in [0.05, 0.1) is 25.4 Å². The van der Waals surface area contributed by atoms with Crippen molar-refractivity contribution in [1.29, 1.82) is 0 Å². The predicted octanol–water partition coefficient (Wildman–Crippen LogP) is 2.34. The third-order valence-electron chi connectivity index (χ3n) is 4.52. The molecule has 1 aliphatic rings. The van der Waals surface area contributed by atoms with Crippen LogP contribution in [0.25, 0.3) is 5.57 Å². The van der Waals surface area contributed by atoms with Gasteiger partial charge in [0.15, 0.2) is 0 Å². The summed E-state index contributed by atoms with van der Waals surface area (Å²) in [6.45, 7) is 8.27. The minimum absolute atomic E-state index is 0.157. The molecule has 7 nitrogen and oxygen atoms in total. The smallest absolute Gasteiger partial charge is 0.278 e. The molecule has 0 bridgehead atoms. The first-order valence-corrected chi connectivity index (χ1v) is 9.76. The average Bonchev–Trinajstić information content (AvgIpc) is 2.98. The molecule has 7 heteroatoms. The van der Waals surface area contributed by atoms with Crippen LogP contribution in [0.4, 0.5) is 0 Å². The number of amides is 2. The summed E-state index contributed by atoms with van der Waals surface area (Å²) >= 11 is 0. The van der Waals surface area contributed by atoms with Gasteiger partial charge in [0.1, 0.15) is 11.4 Å². The van der Waals surface area contributed by atoms with E-state index in [1.807, 2.05) is 36.1 Å². The molecule has 1 heterocycles. The van der Waals surface area contributed by atoms with Gasteiger partial charge in [-0.2, -0.15) is 0 Å². The van der Waals surface area contributed by atoms with Crippen molar-refractivity contribution in [3.63, 3.8) is 0 Å². The van der Waals surface area contributed by atoms with Crippen molar-refractivity contribution in [2.75, 3.05) is 53.7 Å². The van der Waals surface area contributed by atoms with E-state index in [2.05, 4.69) is 6.58 Å². The van der Waals surface area contributed by atoms with Gasteiger partial charge in [-0.15, -0.1) is 6.58 Å². The maximum absolute atomic E-state index is 13.1. The largest absolute Gasteiger partial charge is 0.494 e. The quantitative estimate of drug-likeness (QED) is 0.373. The molecule has 0 N–H and O–H groups in total. The van der Waals surface area contributed by atoms with E-state index in [0.717, 1.165) is 12.2 Å². The van der Waals surface area contributed by atoms with Crippen molar-refractivity contribution in [3.05, 3.63) is 48.2 Å². The Morgan fingerprint density at radius 1 is 1.00 bits per heavy atom. The molecule has 1 aliphatic heterocycles. The fraction of sp³-hybridized carbons (Fsp3) is 0.455. The van der Waals surface area contributed by atoms with Crippen LogP contribution in [0.15, 0.2) is 42.6 Å². The zero-order chi connectivity index (χ0) is 21.2. The lowest BCUT2D eigenvalue weighted by atomic mass is 10.0. The van der Waals surface area contributed by atoms with Gasteiger partial charge in [0, 0.05) is 33.9 Å². The number of carbonyl (C=O) groups excluding carboxylic acids is 2. The Morgan fingerprint density at radius 3 is 2.14 bits per heavy atom. The molecular weight excluding hydrogens is 372 g/mol. The second-order valence-corrected chi connectivity index (χ2v) is 6.58. The molecule has 0 unspecified atom stereocenters. The van der Waals surface area contributed by atoms with E-state index in [1.165, 1.54) is 4.90 Å². The van der Waals surface area contributed by atoms with Gasteiger partial charge < -0.3 is 19.1 Å². The van der Waals surface area contributed by atoms with Crippen molar-refractivity contribution >= 4 is 17.4 Å². The first kappa shape index (κ1) is 22.6. The fourth-order valence-corrected chi connectivity index (χ4v) is 3.09. The van der Waals surface area contributed by atoms with Crippen LogP contribution < -0.4 is 4.74 Å². The van der Waals surface area contributed by atoms with Crippen LogP contribution in [-0.4, -0.2) is 75.3 Å². The van der Waals surface area contributed by atoms with Gasteiger partial charge in [-0.25, -0.2) is 0 Å². The number of rotatable bonds is 13. The minimum Gasteiger partial charge on any atom is -0.494 e. The van der Waals surface area contributed by atoms with Crippen LogP contribution >= 0.6 is 0 Å². The molecule has 0 atom stereocenters. The van der Waals surface area contributed by atoms with Crippen LogP contribution in [0.3, 0.4) is 0 Å². The highest BCUT2D eigenvalue weighted by Crippen LogP contribution is 2.32. The summed E-state index contributed by atoms with van der Waals surface area (Å²) in [5.74, 6) is 0.0727. The summed E-state index contributed by atoms with van der Waals surface area (Å²) < 4.78 is 16.0. The number of hydrogen-bond acceptors (Lipinski definition) is 6. The third kappa shape index (κ3) is 5.46. The minimum atomic E-state index is -0.330. The standard InChI is InChI=1S/C22H30N2O5/c1-5-11-24-21(25)19(17-7-9-18(10-8-17)29-14-6-2)20(22(24)26)23(12-15-27-3)13-16-28-4/h5,7-10H,1,6,11-16H2,2-4H3. The zero-order valence-corrected chi connectivity index (χ0v) is 17.5. The second-order valence-electron chi connectivity index (χ2n) is 6.58. The maximum atomic E-state index is 13.1.